The molecular weight excluding hydrogens is 172 g/mol. The zero-order valence-electron chi connectivity index (χ0n) is 8.54. The number of hydrogen-bond acceptors (Lipinski definition) is 1. The Labute approximate surface area is 85.1 Å². The number of phenolic OH excluding ortho intramolecular Hbond substituents is 1. The average molecular weight is 186 g/mol. The van der Waals surface area contributed by atoms with Crippen LogP contribution in [0.3, 0.4) is 0 Å². The van der Waals surface area contributed by atoms with Gasteiger partial charge in [0.25, 0.3) is 0 Å². The van der Waals surface area contributed by atoms with Crippen LogP contribution in [0.5, 0.6) is 5.75 Å². The molecule has 0 atom stereocenters. The lowest BCUT2D eigenvalue weighted by Crippen LogP contribution is -1.79. The van der Waals surface area contributed by atoms with E-state index in [1.165, 1.54) is 5.57 Å². The van der Waals surface area contributed by atoms with E-state index in [9.17, 15) is 0 Å². The monoisotopic (exact) mass is 186 g/mol. The van der Waals surface area contributed by atoms with Crippen LogP contribution in [0.2, 0.25) is 0 Å². The summed E-state index contributed by atoms with van der Waals surface area (Å²) in [4.78, 5) is 0. The van der Waals surface area contributed by atoms with Crippen molar-refractivity contribution < 1.29 is 5.11 Å². The minimum absolute atomic E-state index is 0.297. The molecule has 0 aliphatic heterocycles. The maximum atomic E-state index is 9.06. The largest absolute Gasteiger partial charge is 0.508 e. The second kappa shape index (κ2) is 5.14. The van der Waals surface area contributed by atoms with E-state index in [4.69, 9.17) is 5.11 Å². The van der Waals surface area contributed by atoms with Crippen LogP contribution in [0.15, 0.2) is 35.9 Å². The Morgan fingerprint density at radius 2 is 1.93 bits per heavy atom. The minimum Gasteiger partial charge on any atom is -0.508 e. The fraction of sp³-hybridized carbons (Fsp3) is 0.231. The van der Waals surface area contributed by atoms with E-state index in [0.29, 0.717) is 5.75 Å². The second-order valence-electron chi connectivity index (χ2n) is 3.39. The van der Waals surface area contributed by atoms with Crippen molar-refractivity contribution in [1.82, 2.24) is 0 Å². The van der Waals surface area contributed by atoms with Gasteiger partial charge in [-0.1, -0.05) is 29.5 Å². The van der Waals surface area contributed by atoms with Crippen LogP contribution in [-0.4, -0.2) is 5.11 Å². The van der Waals surface area contributed by atoms with Gasteiger partial charge >= 0.3 is 0 Å². The molecule has 1 rings (SSSR count). The molecule has 0 bridgehead atoms. The Kier molecular flexibility index (Phi) is 3.82. The van der Waals surface area contributed by atoms with Crippen molar-refractivity contribution in [3.63, 3.8) is 0 Å². The van der Waals surface area contributed by atoms with Gasteiger partial charge in [-0.15, -0.1) is 0 Å². The van der Waals surface area contributed by atoms with Crippen LogP contribution in [0.1, 0.15) is 19.4 Å². The fourth-order valence-corrected chi connectivity index (χ4v) is 0.962. The van der Waals surface area contributed by atoms with Gasteiger partial charge in [0.05, 0.1) is 0 Å². The average Bonchev–Trinajstić information content (AvgIpc) is 2.15. The normalized spacial score (nSPS) is 8.71. The Morgan fingerprint density at radius 3 is 2.50 bits per heavy atom. The third-order valence-corrected chi connectivity index (χ3v) is 1.69. The van der Waals surface area contributed by atoms with E-state index in [1.807, 2.05) is 32.1 Å². The molecule has 0 aromatic heterocycles. The van der Waals surface area contributed by atoms with E-state index in [0.717, 1.165) is 12.0 Å². The highest BCUT2D eigenvalue weighted by atomic mass is 16.3. The van der Waals surface area contributed by atoms with Gasteiger partial charge in [-0.25, -0.2) is 0 Å². The lowest BCUT2D eigenvalue weighted by Gasteiger charge is -1.94. The first kappa shape index (κ1) is 10.4. The summed E-state index contributed by atoms with van der Waals surface area (Å²) in [6.45, 7) is 4.05. The number of allylic oxidation sites excluding steroid dienone is 2. The predicted molar refractivity (Wildman–Crippen MR) is 59.0 cm³/mol. The summed E-state index contributed by atoms with van der Waals surface area (Å²) >= 11 is 0. The third kappa shape index (κ3) is 3.82. The van der Waals surface area contributed by atoms with E-state index in [2.05, 4.69) is 11.8 Å². The summed E-state index contributed by atoms with van der Waals surface area (Å²) in [5, 5.41) is 9.06. The topological polar surface area (TPSA) is 20.2 Å². The van der Waals surface area contributed by atoms with Crippen molar-refractivity contribution in [2.45, 2.75) is 20.3 Å². The second-order valence-corrected chi connectivity index (χ2v) is 3.39. The summed E-state index contributed by atoms with van der Waals surface area (Å²) in [6.07, 6.45) is 2.63. The quantitative estimate of drug-likeness (QED) is 0.668. The lowest BCUT2D eigenvalue weighted by molar-refractivity contribution is 0.475. The molecule has 0 aliphatic rings. The number of aromatic hydroxyl groups is 1. The van der Waals surface area contributed by atoms with Crippen LogP contribution in [0, 0.1) is 11.8 Å². The van der Waals surface area contributed by atoms with Gasteiger partial charge in [0.2, 0.25) is 0 Å². The molecule has 0 radical (unpaired) electrons. The minimum atomic E-state index is 0.297. The first-order chi connectivity index (χ1) is 6.68. The molecule has 0 saturated carbocycles. The zero-order valence-corrected chi connectivity index (χ0v) is 8.54. The van der Waals surface area contributed by atoms with Crippen molar-refractivity contribution in [2.75, 3.05) is 0 Å². The Morgan fingerprint density at radius 1 is 1.29 bits per heavy atom. The number of benzene rings is 1. The summed E-state index contributed by atoms with van der Waals surface area (Å²) < 4.78 is 0. The van der Waals surface area contributed by atoms with E-state index in [-0.39, 0.29) is 0 Å². The van der Waals surface area contributed by atoms with Gasteiger partial charge in [0.1, 0.15) is 5.75 Å². The van der Waals surface area contributed by atoms with Crippen molar-refractivity contribution in [3.05, 3.63) is 41.5 Å². The molecule has 0 heterocycles. The molecule has 1 heteroatoms. The molecule has 1 nitrogen and oxygen atoms in total. The van der Waals surface area contributed by atoms with Crippen molar-refractivity contribution >= 4 is 0 Å². The molecule has 1 aromatic carbocycles. The van der Waals surface area contributed by atoms with Crippen molar-refractivity contribution in [1.29, 1.82) is 0 Å². The summed E-state index contributed by atoms with van der Waals surface area (Å²) in [5.41, 5.74) is 2.33. The Hall–Kier alpha value is -1.68. The van der Waals surface area contributed by atoms with Crippen LogP contribution in [0.25, 0.3) is 0 Å². The first-order valence-corrected chi connectivity index (χ1v) is 4.58. The van der Waals surface area contributed by atoms with Gasteiger partial charge in [-0.05, 0) is 37.6 Å². The maximum Gasteiger partial charge on any atom is 0.115 e. The molecule has 72 valence electrons. The molecular formula is C13H14O. The Balaban J connectivity index is 2.56. The number of phenols is 1. The van der Waals surface area contributed by atoms with E-state index in [1.54, 1.807) is 12.1 Å². The summed E-state index contributed by atoms with van der Waals surface area (Å²) in [5.74, 6) is 6.32. The van der Waals surface area contributed by atoms with Crippen LogP contribution < -0.4 is 0 Å². The van der Waals surface area contributed by atoms with Crippen molar-refractivity contribution in [3.8, 4) is 17.6 Å². The predicted octanol–water partition coefficient (Wildman–Crippen LogP) is 2.90. The Bertz CT molecular complexity index is 370. The van der Waals surface area contributed by atoms with Crippen LogP contribution in [0.4, 0.5) is 0 Å². The van der Waals surface area contributed by atoms with E-state index >= 15 is 0 Å². The highest BCUT2D eigenvalue weighted by Gasteiger charge is 1.88. The molecule has 1 aromatic rings. The van der Waals surface area contributed by atoms with Gasteiger partial charge < -0.3 is 5.11 Å². The molecule has 1 N–H and O–H groups in total. The number of rotatable bonds is 1. The van der Waals surface area contributed by atoms with Crippen LogP contribution >= 0.6 is 0 Å². The molecule has 0 amide bonds. The zero-order chi connectivity index (χ0) is 10.4. The van der Waals surface area contributed by atoms with Crippen molar-refractivity contribution in [2.24, 2.45) is 0 Å². The van der Waals surface area contributed by atoms with Gasteiger partial charge in [-0.3, -0.25) is 0 Å². The SMILES string of the molecule is CC(C)=CC#CCc1ccc(O)cc1. The van der Waals surface area contributed by atoms with Gasteiger partial charge in [0, 0.05) is 6.42 Å². The standard InChI is InChI=1S/C13H14O/c1-11(2)5-3-4-6-12-7-9-13(14)10-8-12/h5,7-10,14H,6H2,1-2H3. The highest BCUT2D eigenvalue weighted by Crippen LogP contribution is 2.09. The third-order valence-electron chi connectivity index (χ3n) is 1.69. The smallest absolute Gasteiger partial charge is 0.115 e. The summed E-state index contributed by atoms with van der Waals surface area (Å²) in [7, 11) is 0. The molecule has 0 aliphatic carbocycles. The lowest BCUT2D eigenvalue weighted by atomic mass is 10.1. The van der Waals surface area contributed by atoms with E-state index < -0.39 is 0 Å². The molecule has 0 unspecified atom stereocenters. The molecule has 0 spiro atoms. The van der Waals surface area contributed by atoms with Crippen LogP contribution in [-0.2, 0) is 6.42 Å². The fourth-order valence-electron chi connectivity index (χ4n) is 0.962. The first-order valence-electron chi connectivity index (χ1n) is 4.58. The van der Waals surface area contributed by atoms with Gasteiger partial charge in [0.15, 0.2) is 0 Å². The maximum absolute atomic E-state index is 9.06. The number of hydrogen-bond donors (Lipinski definition) is 1. The molecule has 14 heavy (non-hydrogen) atoms. The van der Waals surface area contributed by atoms with Gasteiger partial charge in [-0.2, -0.15) is 0 Å². The molecule has 0 saturated heterocycles. The summed E-state index contributed by atoms with van der Waals surface area (Å²) in [6, 6.07) is 7.12. The highest BCUT2D eigenvalue weighted by molar-refractivity contribution is 5.30. The molecule has 0 fully saturated rings.